The number of esters is 2. The van der Waals surface area contributed by atoms with E-state index < -0.39 is 0 Å². The van der Waals surface area contributed by atoms with E-state index in [-0.39, 0.29) is 25.2 Å². The Balaban J connectivity index is 3.35. The number of hydrogen-bond donors (Lipinski definition) is 0. The standard InChI is InChI=1S/C8H10O4/c1-7(9)11-5-3-4-6-12-8(2)10/h5-6H2,1-2H3. The van der Waals surface area contributed by atoms with Gasteiger partial charge >= 0.3 is 11.9 Å². The molecule has 0 amide bonds. The Hall–Kier alpha value is -1.50. The molecule has 0 saturated heterocycles. The minimum atomic E-state index is -0.378. The van der Waals surface area contributed by atoms with Crippen LogP contribution in [0.2, 0.25) is 0 Å². The van der Waals surface area contributed by atoms with Crippen molar-refractivity contribution in [1.29, 1.82) is 0 Å². The van der Waals surface area contributed by atoms with E-state index in [2.05, 4.69) is 21.3 Å². The van der Waals surface area contributed by atoms with Gasteiger partial charge in [-0.3, -0.25) is 9.59 Å². The number of ether oxygens (including phenoxy) is 2. The van der Waals surface area contributed by atoms with Crippen molar-refractivity contribution in [3.63, 3.8) is 0 Å². The quantitative estimate of drug-likeness (QED) is 0.436. The summed E-state index contributed by atoms with van der Waals surface area (Å²) in [6, 6.07) is 0. The molecular weight excluding hydrogens is 160 g/mol. The van der Waals surface area contributed by atoms with Crippen LogP contribution in [0.25, 0.3) is 0 Å². The molecule has 0 saturated carbocycles. The summed E-state index contributed by atoms with van der Waals surface area (Å²) in [5.41, 5.74) is 0. The highest BCUT2D eigenvalue weighted by Gasteiger charge is 1.87. The van der Waals surface area contributed by atoms with Gasteiger partial charge in [-0.05, 0) is 0 Å². The van der Waals surface area contributed by atoms with Gasteiger partial charge in [0.25, 0.3) is 0 Å². The third kappa shape index (κ3) is 8.50. The van der Waals surface area contributed by atoms with E-state index in [9.17, 15) is 9.59 Å². The summed E-state index contributed by atoms with van der Waals surface area (Å²) in [6.07, 6.45) is 0. The van der Waals surface area contributed by atoms with E-state index in [0.717, 1.165) is 0 Å². The first-order valence-corrected chi connectivity index (χ1v) is 3.35. The first kappa shape index (κ1) is 10.5. The van der Waals surface area contributed by atoms with Gasteiger partial charge in [0.05, 0.1) is 0 Å². The van der Waals surface area contributed by atoms with Gasteiger partial charge in [-0.25, -0.2) is 0 Å². The summed E-state index contributed by atoms with van der Waals surface area (Å²) >= 11 is 0. The predicted octanol–water partition coefficient (Wildman–Crippen LogP) is 0.116. The van der Waals surface area contributed by atoms with Crippen molar-refractivity contribution < 1.29 is 19.1 Å². The third-order valence-electron chi connectivity index (χ3n) is 0.820. The summed E-state index contributed by atoms with van der Waals surface area (Å²) in [4.78, 5) is 20.4. The van der Waals surface area contributed by atoms with E-state index in [1.54, 1.807) is 0 Å². The number of carbonyl (C=O) groups is 2. The van der Waals surface area contributed by atoms with E-state index >= 15 is 0 Å². The van der Waals surface area contributed by atoms with Crippen LogP contribution in [-0.2, 0) is 19.1 Å². The molecule has 0 N–H and O–H groups in total. The van der Waals surface area contributed by atoms with Gasteiger partial charge in [-0.1, -0.05) is 11.8 Å². The average molecular weight is 170 g/mol. The average Bonchev–Trinajstić information content (AvgIpc) is 1.95. The Kier molecular flexibility index (Phi) is 5.45. The molecule has 0 bridgehead atoms. The van der Waals surface area contributed by atoms with Gasteiger partial charge in [0.2, 0.25) is 0 Å². The summed E-state index contributed by atoms with van der Waals surface area (Å²) in [5.74, 6) is 4.25. The Morgan fingerprint density at radius 3 is 1.58 bits per heavy atom. The number of rotatable bonds is 2. The van der Waals surface area contributed by atoms with Crippen LogP contribution in [0.1, 0.15) is 13.8 Å². The smallest absolute Gasteiger partial charge is 0.303 e. The molecule has 12 heavy (non-hydrogen) atoms. The van der Waals surface area contributed by atoms with Crippen LogP contribution in [0.3, 0.4) is 0 Å². The molecule has 0 radical (unpaired) electrons. The largest absolute Gasteiger partial charge is 0.453 e. The molecule has 0 heterocycles. The highest BCUT2D eigenvalue weighted by Crippen LogP contribution is 1.75. The highest BCUT2D eigenvalue weighted by atomic mass is 16.5. The number of hydrogen-bond acceptors (Lipinski definition) is 4. The molecule has 0 aromatic rings. The molecule has 0 aromatic carbocycles. The monoisotopic (exact) mass is 170 g/mol. The Bertz CT molecular complexity index is 199. The fourth-order valence-corrected chi connectivity index (χ4v) is 0.377. The first-order valence-electron chi connectivity index (χ1n) is 3.35. The van der Waals surface area contributed by atoms with Crippen LogP contribution in [0.4, 0.5) is 0 Å². The minimum Gasteiger partial charge on any atom is -0.453 e. The maximum atomic E-state index is 10.2. The van der Waals surface area contributed by atoms with Crippen molar-refractivity contribution in [2.45, 2.75) is 13.8 Å². The molecule has 0 atom stereocenters. The fraction of sp³-hybridized carbons (Fsp3) is 0.500. The zero-order valence-electron chi connectivity index (χ0n) is 7.05. The molecule has 66 valence electrons. The van der Waals surface area contributed by atoms with Crippen molar-refractivity contribution in [3.8, 4) is 11.8 Å². The van der Waals surface area contributed by atoms with Gasteiger partial charge in [0, 0.05) is 13.8 Å². The molecule has 0 spiro atoms. The van der Waals surface area contributed by atoms with Crippen LogP contribution < -0.4 is 0 Å². The maximum Gasteiger partial charge on any atom is 0.303 e. The molecule has 0 rings (SSSR count). The van der Waals surface area contributed by atoms with Crippen molar-refractivity contribution >= 4 is 11.9 Å². The summed E-state index contributed by atoms with van der Waals surface area (Å²) < 4.78 is 8.99. The Labute approximate surface area is 70.8 Å². The Morgan fingerprint density at radius 1 is 1.00 bits per heavy atom. The van der Waals surface area contributed by atoms with E-state index in [4.69, 9.17) is 0 Å². The van der Waals surface area contributed by atoms with Crippen molar-refractivity contribution in [2.24, 2.45) is 0 Å². The molecule has 0 aliphatic carbocycles. The molecule has 4 nitrogen and oxygen atoms in total. The second kappa shape index (κ2) is 6.23. The molecule has 4 heteroatoms. The topological polar surface area (TPSA) is 52.6 Å². The highest BCUT2D eigenvalue weighted by molar-refractivity contribution is 5.66. The van der Waals surface area contributed by atoms with Crippen molar-refractivity contribution in [3.05, 3.63) is 0 Å². The second-order valence-corrected chi connectivity index (χ2v) is 1.91. The van der Waals surface area contributed by atoms with Crippen LogP contribution >= 0.6 is 0 Å². The van der Waals surface area contributed by atoms with Crippen LogP contribution in [0, 0.1) is 11.8 Å². The summed E-state index contributed by atoms with van der Waals surface area (Å²) in [7, 11) is 0. The zero-order chi connectivity index (χ0) is 9.40. The second-order valence-electron chi connectivity index (χ2n) is 1.91. The van der Waals surface area contributed by atoms with Gasteiger partial charge in [-0.15, -0.1) is 0 Å². The van der Waals surface area contributed by atoms with E-state index in [1.807, 2.05) is 0 Å². The van der Waals surface area contributed by atoms with Crippen molar-refractivity contribution in [2.75, 3.05) is 13.2 Å². The Morgan fingerprint density at radius 2 is 1.33 bits per heavy atom. The van der Waals surface area contributed by atoms with E-state index in [1.165, 1.54) is 13.8 Å². The van der Waals surface area contributed by atoms with Gasteiger partial charge < -0.3 is 9.47 Å². The third-order valence-corrected chi connectivity index (χ3v) is 0.820. The predicted molar refractivity (Wildman–Crippen MR) is 41.0 cm³/mol. The van der Waals surface area contributed by atoms with Crippen molar-refractivity contribution in [1.82, 2.24) is 0 Å². The lowest BCUT2D eigenvalue weighted by Gasteiger charge is -1.92. The molecule has 0 aliphatic heterocycles. The van der Waals surface area contributed by atoms with Gasteiger partial charge in [-0.2, -0.15) is 0 Å². The van der Waals surface area contributed by atoms with Gasteiger partial charge in [0.15, 0.2) is 13.2 Å². The normalized spacial score (nSPS) is 7.83. The van der Waals surface area contributed by atoms with Crippen LogP contribution in [-0.4, -0.2) is 25.2 Å². The van der Waals surface area contributed by atoms with Crippen LogP contribution in [0.5, 0.6) is 0 Å². The lowest BCUT2D eigenvalue weighted by Crippen LogP contribution is -2.00. The lowest BCUT2D eigenvalue weighted by molar-refractivity contribution is -0.140. The summed E-state index contributed by atoms with van der Waals surface area (Å²) in [5, 5.41) is 0. The van der Waals surface area contributed by atoms with E-state index in [0.29, 0.717) is 0 Å². The van der Waals surface area contributed by atoms with Crippen LogP contribution in [0.15, 0.2) is 0 Å². The minimum absolute atomic E-state index is 0.0383. The molecular formula is C8H10O4. The lowest BCUT2D eigenvalue weighted by atomic mass is 10.6. The fourth-order valence-electron chi connectivity index (χ4n) is 0.377. The molecule has 0 aromatic heterocycles. The van der Waals surface area contributed by atoms with Gasteiger partial charge in [0.1, 0.15) is 0 Å². The zero-order valence-corrected chi connectivity index (χ0v) is 7.05. The SMILES string of the molecule is CC(=O)OCC#CCOC(C)=O. The number of carbonyl (C=O) groups excluding carboxylic acids is 2. The molecule has 0 aliphatic rings. The first-order chi connectivity index (χ1) is 5.63. The summed E-state index contributed by atoms with van der Waals surface area (Å²) in [6.45, 7) is 2.68. The molecule has 0 fully saturated rings. The maximum absolute atomic E-state index is 10.2. The molecule has 0 unspecified atom stereocenters.